The van der Waals surface area contributed by atoms with E-state index in [2.05, 4.69) is 15.4 Å². The van der Waals surface area contributed by atoms with Crippen molar-refractivity contribution in [2.75, 3.05) is 33.2 Å². The highest BCUT2D eigenvalue weighted by Crippen LogP contribution is 2.13. The normalized spacial score (nSPS) is 15.4. The van der Waals surface area contributed by atoms with Crippen LogP contribution >= 0.6 is 11.6 Å². The average Bonchev–Trinajstić information content (AvgIpc) is 3.07. The first-order valence-electron chi connectivity index (χ1n) is 9.02. The second kappa shape index (κ2) is 8.90. The number of aromatic nitrogens is 2. The molecular formula is C19H25ClN6O. The minimum absolute atomic E-state index is 0.0989. The van der Waals surface area contributed by atoms with Gasteiger partial charge in [0, 0.05) is 44.4 Å². The summed E-state index contributed by atoms with van der Waals surface area (Å²) in [7, 11) is 1.74. The van der Waals surface area contributed by atoms with Crippen LogP contribution in [0.5, 0.6) is 0 Å². The van der Waals surface area contributed by atoms with Crippen molar-refractivity contribution in [3.63, 3.8) is 0 Å². The molecule has 1 aliphatic rings. The van der Waals surface area contributed by atoms with Crippen LogP contribution < -0.4 is 5.32 Å². The number of halogens is 1. The molecule has 1 N–H and O–H groups in total. The Balaban J connectivity index is 1.49. The SMILES string of the molecule is CN=C(NCCn1cc(C)cn1)N1CCN(Cc2ccc(Cl)cc2)C(=O)C1. The molecule has 0 atom stereocenters. The highest BCUT2D eigenvalue weighted by Gasteiger charge is 2.25. The van der Waals surface area contributed by atoms with Gasteiger partial charge in [-0.3, -0.25) is 14.5 Å². The summed E-state index contributed by atoms with van der Waals surface area (Å²) < 4.78 is 1.89. The Kier molecular flexibility index (Phi) is 6.34. The van der Waals surface area contributed by atoms with Crippen molar-refractivity contribution in [2.24, 2.45) is 4.99 Å². The van der Waals surface area contributed by atoms with Crippen LogP contribution in [0.15, 0.2) is 41.7 Å². The van der Waals surface area contributed by atoms with Crippen LogP contribution in [-0.2, 0) is 17.9 Å². The fraction of sp³-hybridized carbons (Fsp3) is 0.421. The molecule has 1 fully saturated rings. The molecule has 7 nitrogen and oxygen atoms in total. The fourth-order valence-corrected chi connectivity index (χ4v) is 3.20. The number of aliphatic imine (C=N–C) groups is 1. The Morgan fingerprint density at radius 1 is 1.30 bits per heavy atom. The van der Waals surface area contributed by atoms with Gasteiger partial charge < -0.3 is 15.1 Å². The lowest BCUT2D eigenvalue weighted by atomic mass is 10.2. The van der Waals surface area contributed by atoms with E-state index < -0.39 is 0 Å². The predicted octanol–water partition coefficient (Wildman–Crippen LogP) is 1.76. The van der Waals surface area contributed by atoms with E-state index in [0.29, 0.717) is 31.2 Å². The standard InChI is InChI=1S/C19H25ClN6O/c1-15-11-23-26(12-15)8-7-22-19(21-2)25-10-9-24(18(27)14-25)13-16-3-5-17(20)6-4-16/h3-6,11-12H,7-10,13-14H2,1-2H3,(H,21,22). The molecule has 8 heteroatoms. The molecule has 0 bridgehead atoms. The number of nitrogens with zero attached hydrogens (tertiary/aromatic N) is 5. The molecule has 0 radical (unpaired) electrons. The Morgan fingerprint density at radius 3 is 2.70 bits per heavy atom. The molecule has 3 rings (SSSR count). The summed E-state index contributed by atoms with van der Waals surface area (Å²) in [6.07, 6.45) is 3.84. The van der Waals surface area contributed by atoms with Crippen LogP contribution in [0, 0.1) is 6.92 Å². The molecule has 1 aromatic heterocycles. The number of guanidine groups is 1. The number of rotatable bonds is 5. The predicted molar refractivity (Wildman–Crippen MR) is 107 cm³/mol. The molecule has 2 heterocycles. The van der Waals surface area contributed by atoms with Crippen molar-refractivity contribution >= 4 is 23.5 Å². The summed E-state index contributed by atoms with van der Waals surface area (Å²) in [4.78, 5) is 20.7. The van der Waals surface area contributed by atoms with Gasteiger partial charge in [0.25, 0.3) is 0 Å². The van der Waals surface area contributed by atoms with Gasteiger partial charge in [0.2, 0.25) is 5.91 Å². The zero-order valence-corrected chi connectivity index (χ0v) is 16.5. The van der Waals surface area contributed by atoms with E-state index in [-0.39, 0.29) is 5.91 Å². The third-order valence-electron chi connectivity index (χ3n) is 4.50. The molecule has 0 spiro atoms. The largest absolute Gasteiger partial charge is 0.354 e. The zero-order chi connectivity index (χ0) is 19.2. The Labute approximate surface area is 164 Å². The number of carbonyl (C=O) groups is 1. The maximum Gasteiger partial charge on any atom is 0.242 e. The van der Waals surface area contributed by atoms with Gasteiger partial charge in [-0.05, 0) is 30.2 Å². The quantitative estimate of drug-likeness (QED) is 0.626. The number of hydrogen-bond donors (Lipinski definition) is 1. The van der Waals surface area contributed by atoms with Crippen LogP contribution in [0.3, 0.4) is 0 Å². The van der Waals surface area contributed by atoms with Gasteiger partial charge in [-0.25, -0.2) is 0 Å². The zero-order valence-electron chi connectivity index (χ0n) is 15.7. The number of hydrogen-bond acceptors (Lipinski definition) is 3. The van der Waals surface area contributed by atoms with Gasteiger partial charge >= 0.3 is 0 Å². The van der Waals surface area contributed by atoms with Gasteiger partial charge in [-0.15, -0.1) is 0 Å². The monoisotopic (exact) mass is 388 g/mol. The summed E-state index contributed by atoms with van der Waals surface area (Å²) in [6.45, 7) is 5.82. The van der Waals surface area contributed by atoms with E-state index in [1.165, 1.54) is 0 Å². The van der Waals surface area contributed by atoms with Crippen molar-refractivity contribution in [2.45, 2.75) is 20.0 Å². The first kappa shape index (κ1) is 19.2. The van der Waals surface area contributed by atoms with Crippen LogP contribution in [0.1, 0.15) is 11.1 Å². The maximum absolute atomic E-state index is 12.6. The number of piperazine rings is 1. The number of amides is 1. The number of aryl methyl sites for hydroxylation is 1. The van der Waals surface area contributed by atoms with Crippen LogP contribution in [0.2, 0.25) is 5.02 Å². The van der Waals surface area contributed by atoms with Crippen molar-refractivity contribution in [1.29, 1.82) is 0 Å². The summed E-state index contributed by atoms with van der Waals surface area (Å²) in [5.74, 6) is 0.847. The van der Waals surface area contributed by atoms with Crippen molar-refractivity contribution in [3.05, 3.63) is 52.8 Å². The lowest BCUT2D eigenvalue weighted by molar-refractivity contribution is -0.135. The van der Waals surface area contributed by atoms with Gasteiger partial charge in [0.05, 0.1) is 19.3 Å². The third kappa shape index (κ3) is 5.23. The molecule has 0 saturated carbocycles. The molecule has 144 valence electrons. The molecular weight excluding hydrogens is 364 g/mol. The number of carbonyl (C=O) groups excluding carboxylic acids is 1. The van der Waals surface area contributed by atoms with E-state index in [9.17, 15) is 4.79 Å². The molecule has 27 heavy (non-hydrogen) atoms. The fourth-order valence-electron chi connectivity index (χ4n) is 3.07. The first-order valence-corrected chi connectivity index (χ1v) is 9.40. The molecule has 1 aromatic carbocycles. The Bertz CT molecular complexity index is 801. The van der Waals surface area contributed by atoms with Crippen LogP contribution in [0.25, 0.3) is 0 Å². The number of benzene rings is 1. The summed E-state index contributed by atoms with van der Waals surface area (Å²) in [6, 6.07) is 7.62. The third-order valence-corrected chi connectivity index (χ3v) is 4.76. The van der Waals surface area contributed by atoms with Crippen molar-refractivity contribution in [3.8, 4) is 0 Å². The molecule has 1 aliphatic heterocycles. The lowest BCUT2D eigenvalue weighted by Crippen LogP contribution is -2.55. The summed E-state index contributed by atoms with van der Waals surface area (Å²) >= 11 is 5.92. The molecule has 1 saturated heterocycles. The Morgan fingerprint density at radius 2 is 2.07 bits per heavy atom. The summed E-state index contributed by atoms with van der Waals surface area (Å²) in [5.41, 5.74) is 2.22. The van der Waals surface area contributed by atoms with E-state index in [0.717, 1.165) is 30.2 Å². The van der Waals surface area contributed by atoms with E-state index in [1.807, 2.05) is 58.1 Å². The van der Waals surface area contributed by atoms with Gasteiger partial charge in [0.1, 0.15) is 0 Å². The van der Waals surface area contributed by atoms with Gasteiger partial charge in [-0.1, -0.05) is 23.7 Å². The van der Waals surface area contributed by atoms with E-state index in [4.69, 9.17) is 11.6 Å². The molecule has 1 amide bonds. The highest BCUT2D eigenvalue weighted by molar-refractivity contribution is 6.30. The maximum atomic E-state index is 12.6. The highest BCUT2D eigenvalue weighted by atomic mass is 35.5. The minimum atomic E-state index is 0.0989. The van der Waals surface area contributed by atoms with Crippen molar-refractivity contribution in [1.82, 2.24) is 24.9 Å². The molecule has 0 unspecified atom stereocenters. The molecule has 2 aromatic rings. The van der Waals surface area contributed by atoms with Gasteiger partial charge in [0.15, 0.2) is 5.96 Å². The van der Waals surface area contributed by atoms with Crippen LogP contribution in [0.4, 0.5) is 0 Å². The summed E-state index contributed by atoms with van der Waals surface area (Å²) in [5, 5.41) is 8.29. The first-order chi connectivity index (χ1) is 13.0. The second-order valence-electron chi connectivity index (χ2n) is 6.62. The smallest absolute Gasteiger partial charge is 0.242 e. The number of nitrogens with one attached hydrogen (secondary N) is 1. The minimum Gasteiger partial charge on any atom is -0.354 e. The van der Waals surface area contributed by atoms with E-state index in [1.54, 1.807) is 7.05 Å². The second-order valence-corrected chi connectivity index (χ2v) is 7.05. The lowest BCUT2D eigenvalue weighted by Gasteiger charge is -2.36. The van der Waals surface area contributed by atoms with Gasteiger partial charge in [-0.2, -0.15) is 5.10 Å². The Hall–Kier alpha value is -2.54. The van der Waals surface area contributed by atoms with Crippen molar-refractivity contribution < 1.29 is 4.79 Å². The average molecular weight is 389 g/mol. The topological polar surface area (TPSA) is 65.8 Å². The van der Waals surface area contributed by atoms with Crippen LogP contribution in [-0.4, -0.2) is 64.7 Å². The van der Waals surface area contributed by atoms with E-state index >= 15 is 0 Å². The molecule has 0 aliphatic carbocycles.